The van der Waals surface area contributed by atoms with Gasteiger partial charge in [-0.3, -0.25) is 9.59 Å². The van der Waals surface area contributed by atoms with Gasteiger partial charge in [-0.2, -0.15) is 0 Å². The van der Waals surface area contributed by atoms with Gasteiger partial charge < -0.3 is 9.64 Å². The van der Waals surface area contributed by atoms with Crippen molar-refractivity contribution >= 4 is 27.8 Å². The summed E-state index contributed by atoms with van der Waals surface area (Å²) >= 11 is 3.22. The van der Waals surface area contributed by atoms with Gasteiger partial charge in [-0.15, -0.1) is 0 Å². The second-order valence-corrected chi connectivity index (χ2v) is 5.25. The SMILES string of the molecule is COC(=O)CN(Cc1ccccc1)C(=O)C(C)Br. The summed E-state index contributed by atoms with van der Waals surface area (Å²) in [6.07, 6.45) is 0. The minimum atomic E-state index is -0.424. The van der Waals surface area contributed by atoms with Gasteiger partial charge in [-0.25, -0.2) is 0 Å². The lowest BCUT2D eigenvalue weighted by Crippen LogP contribution is -2.39. The van der Waals surface area contributed by atoms with Crippen molar-refractivity contribution in [1.82, 2.24) is 4.90 Å². The Morgan fingerprint density at radius 2 is 1.94 bits per heavy atom. The van der Waals surface area contributed by atoms with Crippen LogP contribution in [-0.4, -0.2) is 35.3 Å². The van der Waals surface area contributed by atoms with Crippen LogP contribution >= 0.6 is 15.9 Å². The fourth-order valence-corrected chi connectivity index (χ4v) is 1.78. The van der Waals surface area contributed by atoms with E-state index >= 15 is 0 Å². The van der Waals surface area contributed by atoms with E-state index in [1.54, 1.807) is 6.92 Å². The fraction of sp³-hybridized carbons (Fsp3) is 0.385. The molecule has 4 nitrogen and oxygen atoms in total. The number of carbonyl (C=O) groups is 2. The lowest BCUT2D eigenvalue weighted by atomic mass is 10.2. The van der Waals surface area contributed by atoms with Crippen molar-refractivity contribution < 1.29 is 14.3 Å². The van der Waals surface area contributed by atoms with Crippen LogP contribution in [0.2, 0.25) is 0 Å². The number of benzene rings is 1. The number of nitrogens with zero attached hydrogens (tertiary/aromatic N) is 1. The van der Waals surface area contributed by atoms with E-state index in [1.807, 2.05) is 30.3 Å². The molecule has 1 aromatic rings. The molecule has 0 heterocycles. The summed E-state index contributed by atoms with van der Waals surface area (Å²) in [5, 5.41) is 0. The number of alkyl halides is 1. The van der Waals surface area contributed by atoms with Gasteiger partial charge in [0.15, 0.2) is 0 Å². The molecule has 0 radical (unpaired) electrons. The van der Waals surface area contributed by atoms with Gasteiger partial charge in [0.25, 0.3) is 0 Å². The Kier molecular flexibility index (Phi) is 5.85. The first kappa shape index (κ1) is 14.7. The molecule has 1 aromatic carbocycles. The van der Waals surface area contributed by atoms with Gasteiger partial charge in [0.05, 0.1) is 11.9 Å². The Morgan fingerprint density at radius 3 is 2.44 bits per heavy atom. The van der Waals surface area contributed by atoms with Gasteiger partial charge in [0, 0.05) is 6.54 Å². The normalized spacial score (nSPS) is 11.7. The molecule has 0 spiro atoms. The Hall–Kier alpha value is -1.36. The molecule has 0 N–H and O–H groups in total. The number of rotatable bonds is 5. The maximum Gasteiger partial charge on any atom is 0.325 e. The average Bonchev–Trinajstić information content (AvgIpc) is 2.38. The van der Waals surface area contributed by atoms with Gasteiger partial charge in [-0.05, 0) is 12.5 Å². The molecule has 1 atom stereocenters. The van der Waals surface area contributed by atoms with Crippen molar-refractivity contribution in [2.75, 3.05) is 13.7 Å². The van der Waals surface area contributed by atoms with E-state index in [1.165, 1.54) is 12.0 Å². The van der Waals surface area contributed by atoms with E-state index in [2.05, 4.69) is 20.7 Å². The molecule has 0 aliphatic carbocycles. The summed E-state index contributed by atoms with van der Waals surface area (Å²) in [7, 11) is 1.31. The molecule has 1 amide bonds. The summed E-state index contributed by atoms with van der Waals surface area (Å²) in [6, 6.07) is 9.53. The molecule has 1 rings (SSSR count). The standard InChI is InChI=1S/C13H16BrNO3/c1-10(14)13(17)15(9-12(16)18-2)8-11-6-4-3-5-7-11/h3-7,10H,8-9H2,1-2H3. The zero-order valence-electron chi connectivity index (χ0n) is 10.4. The molecule has 0 aliphatic rings. The van der Waals surface area contributed by atoms with Crippen LogP contribution in [0.4, 0.5) is 0 Å². The summed E-state index contributed by atoms with van der Waals surface area (Å²) in [6.45, 7) is 2.09. The Labute approximate surface area is 115 Å². The van der Waals surface area contributed by atoms with Crippen LogP contribution in [-0.2, 0) is 20.9 Å². The van der Waals surface area contributed by atoms with E-state index in [9.17, 15) is 9.59 Å². The smallest absolute Gasteiger partial charge is 0.325 e. The lowest BCUT2D eigenvalue weighted by Gasteiger charge is -2.22. The highest BCUT2D eigenvalue weighted by Gasteiger charge is 2.21. The maximum absolute atomic E-state index is 12.0. The van der Waals surface area contributed by atoms with E-state index in [-0.39, 0.29) is 17.3 Å². The molecule has 0 saturated carbocycles. The van der Waals surface area contributed by atoms with Crippen molar-refractivity contribution in [2.45, 2.75) is 18.3 Å². The maximum atomic E-state index is 12.0. The Bertz CT molecular complexity index is 406. The summed E-state index contributed by atoms with van der Waals surface area (Å²) < 4.78 is 4.60. The first-order valence-electron chi connectivity index (χ1n) is 5.58. The van der Waals surface area contributed by atoms with Crippen molar-refractivity contribution in [2.24, 2.45) is 0 Å². The number of carbonyl (C=O) groups excluding carboxylic acids is 2. The van der Waals surface area contributed by atoms with Crippen LogP contribution in [0.25, 0.3) is 0 Å². The number of esters is 1. The summed E-state index contributed by atoms with van der Waals surface area (Å²) in [5.41, 5.74) is 0.975. The highest BCUT2D eigenvalue weighted by atomic mass is 79.9. The summed E-state index contributed by atoms with van der Waals surface area (Å²) in [4.78, 5) is 24.4. The van der Waals surface area contributed by atoms with Crippen molar-refractivity contribution in [3.63, 3.8) is 0 Å². The highest BCUT2D eigenvalue weighted by molar-refractivity contribution is 9.10. The van der Waals surface area contributed by atoms with E-state index < -0.39 is 5.97 Å². The number of methoxy groups -OCH3 is 1. The zero-order chi connectivity index (χ0) is 13.5. The van der Waals surface area contributed by atoms with Crippen molar-refractivity contribution in [3.05, 3.63) is 35.9 Å². The fourth-order valence-electron chi connectivity index (χ4n) is 1.49. The minimum Gasteiger partial charge on any atom is -0.468 e. The average molecular weight is 314 g/mol. The minimum absolute atomic E-state index is 0.0415. The second kappa shape index (κ2) is 7.16. The molecule has 0 aromatic heterocycles. The number of amides is 1. The molecule has 98 valence electrons. The first-order chi connectivity index (χ1) is 8.54. The molecule has 0 fully saturated rings. The number of hydrogen-bond acceptors (Lipinski definition) is 3. The monoisotopic (exact) mass is 313 g/mol. The van der Waals surface area contributed by atoms with Crippen LogP contribution in [0.5, 0.6) is 0 Å². The zero-order valence-corrected chi connectivity index (χ0v) is 12.0. The molecular weight excluding hydrogens is 298 g/mol. The molecule has 18 heavy (non-hydrogen) atoms. The third kappa shape index (κ3) is 4.49. The van der Waals surface area contributed by atoms with Crippen LogP contribution in [0.3, 0.4) is 0 Å². The van der Waals surface area contributed by atoms with Gasteiger partial charge in [0.2, 0.25) is 5.91 Å². The van der Waals surface area contributed by atoms with Gasteiger partial charge in [-0.1, -0.05) is 46.3 Å². The molecule has 0 bridgehead atoms. The van der Waals surface area contributed by atoms with Crippen LogP contribution in [0.15, 0.2) is 30.3 Å². The highest BCUT2D eigenvalue weighted by Crippen LogP contribution is 2.10. The van der Waals surface area contributed by atoms with E-state index in [0.29, 0.717) is 6.54 Å². The molecule has 0 aliphatic heterocycles. The van der Waals surface area contributed by atoms with Crippen molar-refractivity contribution in [1.29, 1.82) is 0 Å². The predicted octanol–water partition coefficient (Wildman–Crippen LogP) is 1.97. The Balaban J connectivity index is 2.77. The van der Waals surface area contributed by atoms with Crippen molar-refractivity contribution in [3.8, 4) is 0 Å². The molecule has 5 heteroatoms. The van der Waals surface area contributed by atoms with E-state index in [4.69, 9.17) is 0 Å². The molecular formula is C13H16BrNO3. The van der Waals surface area contributed by atoms with Crippen LogP contribution in [0, 0.1) is 0 Å². The second-order valence-electron chi connectivity index (χ2n) is 3.87. The summed E-state index contributed by atoms with van der Waals surface area (Å²) in [5.74, 6) is -0.559. The van der Waals surface area contributed by atoms with E-state index in [0.717, 1.165) is 5.56 Å². The topological polar surface area (TPSA) is 46.6 Å². The Morgan fingerprint density at radius 1 is 1.33 bits per heavy atom. The lowest BCUT2D eigenvalue weighted by molar-refractivity contribution is -0.147. The van der Waals surface area contributed by atoms with Gasteiger partial charge in [0.1, 0.15) is 6.54 Å². The predicted molar refractivity (Wildman–Crippen MR) is 72.3 cm³/mol. The van der Waals surface area contributed by atoms with Crippen LogP contribution in [0.1, 0.15) is 12.5 Å². The third-order valence-corrected chi connectivity index (χ3v) is 2.81. The number of ether oxygens (including phenoxy) is 1. The number of hydrogen-bond donors (Lipinski definition) is 0. The van der Waals surface area contributed by atoms with Gasteiger partial charge >= 0.3 is 5.97 Å². The quantitative estimate of drug-likeness (QED) is 0.617. The third-order valence-electron chi connectivity index (χ3n) is 2.42. The first-order valence-corrected chi connectivity index (χ1v) is 6.49. The molecule has 1 unspecified atom stereocenters. The van der Waals surface area contributed by atoms with Crippen LogP contribution < -0.4 is 0 Å². The molecule has 0 saturated heterocycles. The largest absolute Gasteiger partial charge is 0.468 e. The number of halogens is 1.